The summed E-state index contributed by atoms with van der Waals surface area (Å²) >= 11 is 0. The van der Waals surface area contributed by atoms with Gasteiger partial charge in [0.2, 0.25) is 0 Å². The largest absolute Gasteiger partial charge is 0.381 e. The third-order valence-corrected chi connectivity index (χ3v) is 4.31. The van der Waals surface area contributed by atoms with E-state index in [0.29, 0.717) is 12.5 Å². The number of rotatable bonds is 3. The lowest BCUT2D eigenvalue weighted by Gasteiger charge is -2.38. The molecule has 0 fully saturated rings. The fourth-order valence-electron chi connectivity index (χ4n) is 3.00. The predicted molar refractivity (Wildman–Crippen MR) is 71.6 cm³/mol. The highest BCUT2D eigenvalue weighted by molar-refractivity contribution is 5.36. The Morgan fingerprint density at radius 3 is 2.94 bits per heavy atom. The Kier molecular flexibility index (Phi) is 3.55. The fraction of sp³-hybridized carbons (Fsp3) is 0.600. The average molecular weight is 233 g/mol. The van der Waals surface area contributed by atoms with Crippen molar-refractivity contribution < 1.29 is 5.11 Å². The van der Waals surface area contributed by atoms with Gasteiger partial charge in [-0.2, -0.15) is 0 Å². The molecule has 2 aliphatic rings. The number of allylic oxidation sites excluding steroid dienone is 2. The molecule has 0 saturated carbocycles. The van der Waals surface area contributed by atoms with Gasteiger partial charge in [0, 0.05) is 6.54 Å². The molecule has 0 saturated heterocycles. The van der Waals surface area contributed by atoms with Crippen molar-refractivity contribution in [1.82, 2.24) is 0 Å². The van der Waals surface area contributed by atoms with Gasteiger partial charge >= 0.3 is 0 Å². The maximum atomic E-state index is 10.9. The second kappa shape index (κ2) is 4.79. The van der Waals surface area contributed by atoms with Gasteiger partial charge in [0.05, 0.1) is 0 Å². The number of hydrogen-bond donors (Lipinski definition) is 2. The Bertz CT molecular complexity index is 380. The molecule has 0 aliphatic heterocycles. The van der Waals surface area contributed by atoms with Crippen molar-refractivity contribution in [3.63, 3.8) is 0 Å². The highest BCUT2D eigenvalue weighted by Crippen LogP contribution is 2.43. The molecule has 0 aromatic rings. The molecule has 2 aliphatic carbocycles. The molecular formula is C15H23NO. The van der Waals surface area contributed by atoms with Crippen LogP contribution >= 0.6 is 0 Å². The summed E-state index contributed by atoms with van der Waals surface area (Å²) in [6.45, 7) is 6.59. The predicted octanol–water partition coefficient (Wildman–Crippen LogP) is 2.70. The standard InChI is InChI=1S/C15H23NO/c1-11(10-16)13-8-7-12(2)15(17,9-13)14-5-3-4-6-14/h5,7,13,17H,1,3-4,6,8-10,16H2,2H3/t13?,15-/m0/s1. The molecule has 0 amide bonds. The van der Waals surface area contributed by atoms with Crippen LogP contribution in [0.4, 0.5) is 0 Å². The van der Waals surface area contributed by atoms with Crippen molar-refractivity contribution in [3.8, 4) is 0 Å². The van der Waals surface area contributed by atoms with Gasteiger partial charge < -0.3 is 10.8 Å². The monoisotopic (exact) mass is 233 g/mol. The van der Waals surface area contributed by atoms with E-state index in [-0.39, 0.29) is 0 Å². The minimum atomic E-state index is -0.725. The molecule has 1 unspecified atom stereocenters. The molecule has 2 rings (SSSR count). The molecule has 94 valence electrons. The van der Waals surface area contributed by atoms with E-state index in [2.05, 4.69) is 18.7 Å². The number of hydrogen-bond acceptors (Lipinski definition) is 2. The van der Waals surface area contributed by atoms with Crippen LogP contribution in [0.2, 0.25) is 0 Å². The summed E-state index contributed by atoms with van der Waals surface area (Å²) in [6.07, 6.45) is 9.41. The molecule has 2 nitrogen and oxygen atoms in total. The molecular weight excluding hydrogens is 210 g/mol. The second-order valence-electron chi connectivity index (χ2n) is 5.37. The van der Waals surface area contributed by atoms with Gasteiger partial charge in [0.1, 0.15) is 5.60 Å². The minimum absolute atomic E-state index is 0.329. The lowest BCUT2D eigenvalue weighted by atomic mass is 9.71. The summed E-state index contributed by atoms with van der Waals surface area (Å²) in [5, 5.41) is 10.9. The SMILES string of the molecule is C=C(CN)C1CC=C(C)[C@](O)(C2=CCCC2)C1. The molecule has 2 atom stereocenters. The zero-order valence-corrected chi connectivity index (χ0v) is 10.7. The van der Waals surface area contributed by atoms with Gasteiger partial charge in [0.15, 0.2) is 0 Å². The lowest BCUT2D eigenvalue weighted by Crippen LogP contribution is -2.38. The van der Waals surface area contributed by atoms with E-state index in [0.717, 1.165) is 36.8 Å². The van der Waals surface area contributed by atoms with E-state index in [4.69, 9.17) is 5.73 Å². The van der Waals surface area contributed by atoms with Crippen LogP contribution in [0.25, 0.3) is 0 Å². The maximum absolute atomic E-state index is 10.9. The lowest BCUT2D eigenvalue weighted by molar-refractivity contribution is 0.0828. The Labute approximate surface area is 104 Å². The summed E-state index contributed by atoms with van der Waals surface area (Å²) in [4.78, 5) is 0. The second-order valence-corrected chi connectivity index (χ2v) is 5.37. The van der Waals surface area contributed by atoms with Gasteiger partial charge in [0.25, 0.3) is 0 Å². The zero-order valence-electron chi connectivity index (χ0n) is 10.7. The van der Waals surface area contributed by atoms with Crippen LogP contribution in [0, 0.1) is 5.92 Å². The van der Waals surface area contributed by atoms with Crippen LogP contribution in [-0.2, 0) is 0 Å². The van der Waals surface area contributed by atoms with E-state index in [9.17, 15) is 5.11 Å². The van der Waals surface area contributed by atoms with Crippen molar-refractivity contribution in [2.24, 2.45) is 11.7 Å². The molecule has 2 heteroatoms. The summed E-state index contributed by atoms with van der Waals surface area (Å²) in [5.41, 5.74) is 8.31. The van der Waals surface area contributed by atoms with Gasteiger partial charge in [-0.05, 0) is 56.1 Å². The smallest absolute Gasteiger partial charge is 0.107 e. The Balaban J connectivity index is 2.24. The van der Waals surface area contributed by atoms with Crippen molar-refractivity contribution in [2.75, 3.05) is 6.54 Å². The Morgan fingerprint density at radius 2 is 2.35 bits per heavy atom. The van der Waals surface area contributed by atoms with Crippen LogP contribution in [0.1, 0.15) is 39.0 Å². The van der Waals surface area contributed by atoms with Crippen LogP contribution < -0.4 is 5.73 Å². The summed E-state index contributed by atoms with van der Waals surface area (Å²) in [5.74, 6) is 0.329. The summed E-state index contributed by atoms with van der Waals surface area (Å²) in [7, 11) is 0. The van der Waals surface area contributed by atoms with E-state index in [1.807, 2.05) is 6.92 Å². The third kappa shape index (κ3) is 2.24. The van der Waals surface area contributed by atoms with Crippen molar-refractivity contribution in [2.45, 2.75) is 44.6 Å². The molecule has 0 radical (unpaired) electrons. The van der Waals surface area contributed by atoms with Crippen molar-refractivity contribution in [3.05, 3.63) is 35.5 Å². The summed E-state index contributed by atoms with van der Waals surface area (Å²) in [6, 6.07) is 0. The quantitative estimate of drug-likeness (QED) is 0.736. The van der Waals surface area contributed by atoms with Gasteiger partial charge in [-0.3, -0.25) is 0 Å². The van der Waals surface area contributed by atoms with Crippen LogP contribution in [0.3, 0.4) is 0 Å². The molecule has 17 heavy (non-hydrogen) atoms. The van der Waals surface area contributed by atoms with Gasteiger partial charge in [-0.25, -0.2) is 0 Å². The topological polar surface area (TPSA) is 46.2 Å². The molecule has 3 N–H and O–H groups in total. The number of nitrogens with two attached hydrogens (primary N) is 1. The van der Waals surface area contributed by atoms with Crippen LogP contribution in [0.15, 0.2) is 35.5 Å². The highest BCUT2D eigenvalue weighted by Gasteiger charge is 2.39. The van der Waals surface area contributed by atoms with E-state index in [1.54, 1.807) is 0 Å². The van der Waals surface area contributed by atoms with Gasteiger partial charge in [-0.1, -0.05) is 24.3 Å². The molecule has 0 heterocycles. The third-order valence-electron chi connectivity index (χ3n) is 4.31. The molecule has 0 bridgehead atoms. The average Bonchev–Trinajstić information content (AvgIpc) is 2.86. The van der Waals surface area contributed by atoms with E-state index < -0.39 is 5.60 Å². The first-order valence-corrected chi connectivity index (χ1v) is 6.55. The molecule has 0 aromatic heterocycles. The summed E-state index contributed by atoms with van der Waals surface area (Å²) < 4.78 is 0. The Hall–Kier alpha value is -0.860. The van der Waals surface area contributed by atoms with E-state index in [1.165, 1.54) is 12.0 Å². The van der Waals surface area contributed by atoms with Crippen molar-refractivity contribution in [1.29, 1.82) is 0 Å². The molecule has 0 aromatic carbocycles. The maximum Gasteiger partial charge on any atom is 0.107 e. The van der Waals surface area contributed by atoms with Crippen molar-refractivity contribution >= 4 is 0 Å². The first kappa shape index (κ1) is 12.6. The minimum Gasteiger partial charge on any atom is -0.381 e. The Morgan fingerprint density at radius 1 is 1.59 bits per heavy atom. The molecule has 0 spiro atoms. The van der Waals surface area contributed by atoms with Gasteiger partial charge in [-0.15, -0.1) is 0 Å². The van der Waals surface area contributed by atoms with Crippen LogP contribution in [0.5, 0.6) is 0 Å². The first-order chi connectivity index (χ1) is 8.08. The number of aliphatic hydroxyl groups is 1. The normalized spacial score (nSPS) is 33.2. The van der Waals surface area contributed by atoms with E-state index >= 15 is 0 Å². The highest BCUT2D eigenvalue weighted by atomic mass is 16.3. The van der Waals surface area contributed by atoms with Crippen LogP contribution in [-0.4, -0.2) is 17.3 Å². The zero-order chi connectivity index (χ0) is 12.5. The fourth-order valence-corrected chi connectivity index (χ4v) is 3.00. The first-order valence-electron chi connectivity index (χ1n) is 6.55.